The highest BCUT2D eigenvalue weighted by molar-refractivity contribution is 5.92. The third-order valence-electron chi connectivity index (χ3n) is 6.01. The monoisotopic (exact) mass is 420 g/mol. The first-order valence-electron chi connectivity index (χ1n) is 10.8. The van der Waals surface area contributed by atoms with Gasteiger partial charge in [0.15, 0.2) is 0 Å². The summed E-state index contributed by atoms with van der Waals surface area (Å²) in [5, 5.41) is 0.989. The highest BCUT2D eigenvalue weighted by Crippen LogP contribution is 2.36. The second kappa shape index (κ2) is 7.21. The summed E-state index contributed by atoms with van der Waals surface area (Å²) in [5.74, 6) is 0.910. The van der Waals surface area contributed by atoms with Crippen molar-refractivity contribution in [2.45, 2.75) is 58.2 Å². The van der Waals surface area contributed by atoms with Gasteiger partial charge in [-0.15, -0.1) is 0 Å². The number of fused-ring (bicyclic) bond motifs is 3. The van der Waals surface area contributed by atoms with Gasteiger partial charge in [0.2, 0.25) is 0 Å². The number of H-pyrrole nitrogens is 1. The fraction of sp³-hybridized carbons (Fsp3) is 0.478. The molecule has 2 fully saturated rings. The molecule has 2 saturated heterocycles. The number of pyridine rings is 1. The molecular formula is C23H28N6O2. The predicted molar refractivity (Wildman–Crippen MR) is 119 cm³/mol. The SMILES string of the molecule is Cc1ccc(-c2cc3c(N4CC5CCC(C4)N5C(=O)OC(C)(C)C)ncnc3[nH]2)cn1. The third kappa shape index (κ3) is 3.71. The Morgan fingerprint density at radius 3 is 2.52 bits per heavy atom. The molecule has 0 radical (unpaired) electrons. The molecule has 1 N–H and O–H groups in total. The fourth-order valence-electron chi connectivity index (χ4n) is 4.65. The average Bonchev–Trinajstić information content (AvgIpc) is 3.25. The van der Waals surface area contributed by atoms with Crippen LogP contribution in [0.25, 0.3) is 22.3 Å². The van der Waals surface area contributed by atoms with Crippen molar-refractivity contribution < 1.29 is 9.53 Å². The Hall–Kier alpha value is -3.16. The summed E-state index contributed by atoms with van der Waals surface area (Å²) in [6, 6.07) is 6.43. The van der Waals surface area contributed by atoms with Gasteiger partial charge in [0.1, 0.15) is 23.4 Å². The van der Waals surface area contributed by atoms with Gasteiger partial charge in [-0.25, -0.2) is 14.8 Å². The first kappa shape index (κ1) is 19.8. The summed E-state index contributed by atoms with van der Waals surface area (Å²) in [4.78, 5) is 33.9. The smallest absolute Gasteiger partial charge is 0.410 e. The summed E-state index contributed by atoms with van der Waals surface area (Å²) >= 11 is 0. The van der Waals surface area contributed by atoms with Crippen LogP contribution < -0.4 is 4.90 Å². The van der Waals surface area contributed by atoms with Crippen LogP contribution >= 0.6 is 0 Å². The van der Waals surface area contributed by atoms with E-state index in [0.717, 1.165) is 59.7 Å². The first-order chi connectivity index (χ1) is 14.8. The second-order valence-corrected chi connectivity index (χ2v) is 9.51. The lowest BCUT2D eigenvalue weighted by molar-refractivity contribution is 0.0123. The van der Waals surface area contributed by atoms with Crippen molar-refractivity contribution in [2.24, 2.45) is 0 Å². The number of rotatable bonds is 2. The van der Waals surface area contributed by atoms with Crippen LogP contribution in [0.1, 0.15) is 39.3 Å². The highest BCUT2D eigenvalue weighted by atomic mass is 16.6. The molecule has 0 spiro atoms. The molecule has 2 atom stereocenters. The van der Waals surface area contributed by atoms with Crippen molar-refractivity contribution in [3.63, 3.8) is 0 Å². The molecule has 31 heavy (non-hydrogen) atoms. The minimum atomic E-state index is -0.487. The number of aryl methyl sites for hydroxylation is 1. The van der Waals surface area contributed by atoms with E-state index in [1.165, 1.54) is 0 Å². The normalized spacial score (nSPS) is 21.0. The van der Waals surface area contributed by atoms with Gasteiger partial charge in [0.05, 0.1) is 17.5 Å². The van der Waals surface area contributed by atoms with Gasteiger partial charge < -0.3 is 14.6 Å². The van der Waals surface area contributed by atoms with Crippen LogP contribution in [0.15, 0.2) is 30.7 Å². The van der Waals surface area contributed by atoms with Crippen LogP contribution in [0.2, 0.25) is 0 Å². The van der Waals surface area contributed by atoms with Gasteiger partial charge in [-0.1, -0.05) is 0 Å². The van der Waals surface area contributed by atoms with Crippen molar-refractivity contribution in [1.82, 2.24) is 24.8 Å². The van der Waals surface area contributed by atoms with Crippen molar-refractivity contribution in [3.8, 4) is 11.3 Å². The van der Waals surface area contributed by atoms with E-state index in [-0.39, 0.29) is 18.2 Å². The summed E-state index contributed by atoms with van der Waals surface area (Å²) < 4.78 is 5.66. The largest absolute Gasteiger partial charge is 0.444 e. The van der Waals surface area contributed by atoms with E-state index >= 15 is 0 Å². The van der Waals surface area contributed by atoms with E-state index in [0.29, 0.717) is 0 Å². The zero-order chi connectivity index (χ0) is 21.8. The standard InChI is InChI=1S/C23H28N6O2/c1-14-5-6-15(10-24-14)19-9-18-20(27-19)25-13-26-21(18)28-11-16-7-8-17(12-28)29(16)22(30)31-23(2,3)4/h5-6,9-10,13,16-17H,7-8,11-12H2,1-4H3,(H,25,26,27). The number of hydrogen-bond donors (Lipinski definition) is 1. The molecule has 2 aliphatic rings. The minimum Gasteiger partial charge on any atom is -0.444 e. The number of carbonyl (C=O) groups is 1. The molecule has 0 aliphatic carbocycles. The number of nitrogens with zero attached hydrogens (tertiary/aromatic N) is 5. The molecule has 3 aromatic heterocycles. The van der Waals surface area contributed by atoms with E-state index in [2.05, 4.69) is 37.0 Å². The maximum Gasteiger partial charge on any atom is 0.410 e. The first-order valence-corrected chi connectivity index (χ1v) is 10.8. The topological polar surface area (TPSA) is 87.2 Å². The number of carbonyl (C=O) groups excluding carboxylic acids is 1. The van der Waals surface area contributed by atoms with Crippen molar-refractivity contribution >= 4 is 22.9 Å². The second-order valence-electron chi connectivity index (χ2n) is 9.51. The van der Waals surface area contributed by atoms with Crippen LogP contribution in [0.4, 0.5) is 10.6 Å². The molecule has 0 saturated carbocycles. The zero-order valence-corrected chi connectivity index (χ0v) is 18.4. The molecule has 0 aromatic carbocycles. The minimum absolute atomic E-state index is 0.137. The Morgan fingerprint density at radius 2 is 1.87 bits per heavy atom. The number of aromatic nitrogens is 4. The Morgan fingerprint density at radius 1 is 1.13 bits per heavy atom. The Bertz CT molecular complexity index is 1100. The summed E-state index contributed by atoms with van der Waals surface area (Å²) in [6.07, 6.45) is 5.24. The van der Waals surface area contributed by atoms with E-state index in [1.807, 2.05) is 44.9 Å². The van der Waals surface area contributed by atoms with Gasteiger partial charge >= 0.3 is 6.09 Å². The van der Waals surface area contributed by atoms with E-state index in [4.69, 9.17) is 4.74 Å². The Balaban J connectivity index is 1.42. The van der Waals surface area contributed by atoms with Crippen molar-refractivity contribution in [2.75, 3.05) is 18.0 Å². The van der Waals surface area contributed by atoms with E-state index in [1.54, 1.807) is 6.33 Å². The average molecular weight is 421 g/mol. The van der Waals surface area contributed by atoms with Crippen LogP contribution in [0.3, 0.4) is 0 Å². The fourth-order valence-corrected chi connectivity index (χ4v) is 4.65. The highest BCUT2D eigenvalue weighted by Gasteiger charge is 2.44. The number of nitrogens with one attached hydrogen (secondary N) is 1. The van der Waals surface area contributed by atoms with Crippen molar-refractivity contribution in [3.05, 3.63) is 36.4 Å². The van der Waals surface area contributed by atoms with Crippen LogP contribution in [-0.2, 0) is 4.74 Å². The number of anilines is 1. The van der Waals surface area contributed by atoms with E-state index < -0.39 is 5.60 Å². The molecular weight excluding hydrogens is 392 g/mol. The summed E-state index contributed by atoms with van der Waals surface area (Å²) in [7, 11) is 0. The molecule has 2 bridgehead atoms. The molecule has 162 valence electrons. The third-order valence-corrected chi connectivity index (χ3v) is 6.01. The molecule has 5 rings (SSSR count). The number of piperazine rings is 1. The molecule has 2 unspecified atom stereocenters. The maximum absolute atomic E-state index is 12.8. The van der Waals surface area contributed by atoms with E-state index in [9.17, 15) is 4.79 Å². The van der Waals surface area contributed by atoms with Crippen LogP contribution in [0.5, 0.6) is 0 Å². The number of amides is 1. The van der Waals surface area contributed by atoms with Crippen LogP contribution in [0, 0.1) is 6.92 Å². The summed E-state index contributed by atoms with van der Waals surface area (Å²) in [5.41, 5.74) is 3.30. The molecule has 8 heteroatoms. The van der Waals surface area contributed by atoms with Gasteiger partial charge in [-0.2, -0.15) is 0 Å². The number of hydrogen-bond acceptors (Lipinski definition) is 6. The molecule has 5 heterocycles. The molecule has 1 amide bonds. The number of aromatic amines is 1. The Labute approximate surface area is 181 Å². The number of ether oxygens (including phenoxy) is 1. The zero-order valence-electron chi connectivity index (χ0n) is 18.4. The van der Waals surface area contributed by atoms with Crippen LogP contribution in [-0.4, -0.2) is 61.7 Å². The lowest BCUT2D eigenvalue weighted by Crippen LogP contribution is -2.57. The van der Waals surface area contributed by atoms with Gasteiger partial charge in [0.25, 0.3) is 0 Å². The van der Waals surface area contributed by atoms with Crippen molar-refractivity contribution in [1.29, 1.82) is 0 Å². The maximum atomic E-state index is 12.8. The lowest BCUT2D eigenvalue weighted by Gasteiger charge is -2.41. The van der Waals surface area contributed by atoms with Gasteiger partial charge in [0, 0.05) is 36.2 Å². The predicted octanol–water partition coefficient (Wildman–Crippen LogP) is 3.92. The Kier molecular flexibility index (Phi) is 4.60. The lowest BCUT2D eigenvalue weighted by atomic mass is 10.1. The molecule has 3 aromatic rings. The molecule has 8 nitrogen and oxygen atoms in total. The van der Waals surface area contributed by atoms with Gasteiger partial charge in [-0.3, -0.25) is 9.88 Å². The van der Waals surface area contributed by atoms with Gasteiger partial charge in [-0.05, 0) is 58.7 Å². The molecule has 2 aliphatic heterocycles. The summed E-state index contributed by atoms with van der Waals surface area (Å²) in [6.45, 7) is 9.20. The quantitative estimate of drug-likeness (QED) is 0.676.